The van der Waals surface area contributed by atoms with Crippen LogP contribution in [0.25, 0.3) is 22.4 Å². The van der Waals surface area contributed by atoms with Crippen molar-refractivity contribution in [2.45, 2.75) is 25.1 Å². The Morgan fingerprint density at radius 1 is 1.21 bits per heavy atom. The number of fused-ring (bicyclic) bond motifs is 1. The minimum Gasteiger partial charge on any atom is -0.507 e. The molecule has 4 rings (SSSR count). The highest BCUT2D eigenvalue weighted by molar-refractivity contribution is 5.81. The van der Waals surface area contributed by atoms with Gasteiger partial charge in [0.25, 0.3) is 0 Å². The minimum atomic E-state index is -4.61. The number of phenols is 1. The average Bonchev–Trinajstić information content (AvgIpc) is 3.09. The molecular formula is C19H20F3N5O2. The molecule has 1 aliphatic rings. The summed E-state index contributed by atoms with van der Waals surface area (Å²) in [6.45, 7) is 1.92. The fraction of sp³-hybridized carbons (Fsp3) is 0.421. The van der Waals surface area contributed by atoms with E-state index in [1.807, 2.05) is 4.57 Å². The van der Waals surface area contributed by atoms with Crippen molar-refractivity contribution >= 4 is 11.2 Å². The first-order valence-electron chi connectivity index (χ1n) is 9.15. The molecule has 1 aromatic carbocycles. The highest BCUT2D eigenvalue weighted by Gasteiger charge is 2.33. The molecule has 2 aromatic heterocycles. The Morgan fingerprint density at radius 2 is 2.00 bits per heavy atom. The fourth-order valence-corrected chi connectivity index (χ4v) is 3.77. The number of piperidine rings is 1. The van der Waals surface area contributed by atoms with Crippen LogP contribution in [0, 0.1) is 0 Å². The molecule has 0 radical (unpaired) electrons. The lowest BCUT2D eigenvalue weighted by molar-refractivity contribution is -0.137. The zero-order valence-corrected chi connectivity index (χ0v) is 15.9. The molecule has 1 saturated heterocycles. The topological polar surface area (TPSA) is 76.3 Å². The standard InChI is InChI=1S/C19H20F3N5O2/c1-26-5-3-4-12(9-26)27-10-23-14-8-13(24-25-18(14)27)17-15(28)6-11(19(20,21)22)7-16(17)29-2/h6-8,10,12,28H,3-5,9H2,1-2H3/t12-/m1/s1. The molecule has 3 aromatic rings. The number of halogens is 3. The van der Waals surface area contributed by atoms with Crippen LogP contribution in [0.2, 0.25) is 0 Å². The first-order chi connectivity index (χ1) is 13.8. The summed E-state index contributed by atoms with van der Waals surface area (Å²) in [5.74, 6) is -0.724. The van der Waals surface area contributed by atoms with Crippen molar-refractivity contribution < 1.29 is 23.0 Å². The molecule has 1 fully saturated rings. The number of hydrogen-bond donors (Lipinski definition) is 1. The number of ether oxygens (including phenoxy) is 1. The number of benzene rings is 1. The number of hydrogen-bond acceptors (Lipinski definition) is 6. The number of likely N-dealkylation sites (N-methyl/N-ethyl adjacent to an activating group) is 1. The predicted octanol–water partition coefficient (Wildman–Crippen LogP) is 3.49. The molecular weight excluding hydrogens is 387 g/mol. The monoisotopic (exact) mass is 407 g/mol. The Balaban J connectivity index is 1.76. The van der Waals surface area contributed by atoms with Crippen molar-refractivity contribution in [3.63, 3.8) is 0 Å². The van der Waals surface area contributed by atoms with Gasteiger partial charge in [0.05, 0.1) is 24.6 Å². The smallest absolute Gasteiger partial charge is 0.416 e. The molecule has 0 spiro atoms. The summed E-state index contributed by atoms with van der Waals surface area (Å²) >= 11 is 0. The van der Waals surface area contributed by atoms with Gasteiger partial charge in [0.2, 0.25) is 0 Å². The third-order valence-electron chi connectivity index (χ3n) is 5.20. The molecule has 7 nitrogen and oxygen atoms in total. The normalized spacial score (nSPS) is 18.3. The summed E-state index contributed by atoms with van der Waals surface area (Å²) in [6, 6.07) is 3.31. The van der Waals surface area contributed by atoms with Gasteiger partial charge in [-0.15, -0.1) is 10.2 Å². The SMILES string of the molecule is COc1cc(C(F)(F)F)cc(O)c1-c1cc2ncn([C@@H]3CCCN(C)C3)c2nn1. The third-order valence-corrected chi connectivity index (χ3v) is 5.20. The second-order valence-electron chi connectivity index (χ2n) is 7.22. The number of phenolic OH excluding ortho intramolecular Hbond substituents is 1. The number of imidazole rings is 1. The van der Waals surface area contributed by atoms with Crippen LogP contribution in [-0.2, 0) is 6.18 Å². The first-order valence-corrected chi connectivity index (χ1v) is 9.15. The molecule has 0 bridgehead atoms. The predicted molar refractivity (Wildman–Crippen MR) is 99.7 cm³/mol. The highest BCUT2D eigenvalue weighted by atomic mass is 19.4. The Labute approximate surface area is 164 Å². The van der Waals surface area contributed by atoms with Gasteiger partial charge in [-0.2, -0.15) is 13.2 Å². The second kappa shape index (κ2) is 7.18. The average molecular weight is 407 g/mol. The van der Waals surface area contributed by atoms with Crippen molar-refractivity contribution in [1.82, 2.24) is 24.6 Å². The molecule has 0 saturated carbocycles. The molecule has 29 heavy (non-hydrogen) atoms. The van der Waals surface area contributed by atoms with Gasteiger partial charge >= 0.3 is 6.18 Å². The van der Waals surface area contributed by atoms with E-state index in [-0.39, 0.29) is 23.0 Å². The quantitative estimate of drug-likeness (QED) is 0.716. The van der Waals surface area contributed by atoms with E-state index < -0.39 is 17.5 Å². The molecule has 154 valence electrons. The Bertz CT molecular complexity index is 1050. The zero-order chi connectivity index (χ0) is 20.8. The molecule has 1 aliphatic heterocycles. The van der Waals surface area contributed by atoms with Gasteiger partial charge in [0.1, 0.15) is 22.7 Å². The largest absolute Gasteiger partial charge is 0.507 e. The van der Waals surface area contributed by atoms with Crippen LogP contribution in [0.5, 0.6) is 11.5 Å². The van der Waals surface area contributed by atoms with E-state index >= 15 is 0 Å². The van der Waals surface area contributed by atoms with Gasteiger partial charge in [0.15, 0.2) is 5.65 Å². The van der Waals surface area contributed by atoms with Gasteiger partial charge in [-0.05, 0) is 44.6 Å². The van der Waals surface area contributed by atoms with Crippen molar-refractivity contribution in [2.75, 3.05) is 27.2 Å². The number of alkyl halides is 3. The third kappa shape index (κ3) is 3.59. The van der Waals surface area contributed by atoms with Crippen LogP contribution in [0.1, 0.15) is 24.4 Å². The van der Waals surface area contributed by atoms with Crippen LogP contribution < -0.4 is 4.74 Å². The van der Waals surface area contributed by atoms with Gasteiger partial charge in [-0.3, -0.25) is 0 Å². The van der Waals surface area contributed by atoms with Gasteiger partial charge < -0.3 is 19.3 Å². The van der Waals surface area contributed by atoms with E-state index in [1.54, 1.807) is 12.4 Å². The molecule has 3 heterocycles. The maximum absolute atomic E-state index is 13.0. The molecule has 1 atom stereocenters. The Morgan fingerprint density at radius 3 is 2.69 bits per heavy atom. The molecule has 1 N–H and O–H groups in total. The van der Waals surface area contributed by atoms with Crippen LogP contribution in [0.3, 0.4) is 0 Å². The van der Waals surface area contributed by atoms with E-state index in [0.717, 1.165) is 32.0 Å². The number of aromatic nitrogens is 4. The lowest BCUT2D eigenvalue weighted by Gasteiger charge is -2.30. The number of rotatable bonds is 3. The Hall–Kier alpha value is -2.88. The van der Waals surface area contributed by atoms with Crippen LogP contribution in [0.15, 0.2) is 24.5 Å². The summed E-state index contributed by atoms with van der Waals surface area (Å²) < 4.78 is 46.1. The fourth-order valence-electron chi connectivity index (χ4n) is 3.77. The molecule has 0 aliphatic carbocycles. The summed E-state index contributed by atoms with van der Waals surface area (Å²) in [5.41, 5.74) is 0.368. The van der Waals surface area contributed by atoms with E-state index in [0.29, 0.717) is 17.2 Å². The summed E-state index contributed by atoms with van der Waals surface area (Å²) in [6.07, 6.45) is -0.822. The van der Waals surface area contributed by atoms with E-state index in [9.17, 15) is 18.3 Å². The second-order valence-corrected chi connectivity index (χ2v) is 7.22. The molecule has 0 amide bonds. The van der Waals surface area contributed by atoms with E-state index in [1.165, 1.54) is 7.11 Å². The van der Waals surface area contributed by atoms with E-state index in [2.05, 4.69) is 27.1 Å². The summed E-state index contributed by atoms with van der Waals surface area (Å²) in [5, 5.41) is 18.6. The summed E-state index contributed by atoms with van der Waals surface area (Å²) in [4.78, 5) is 6.63. The maximum atomic E-state index is 13.0. The van der Waals surface area contributed by atoms with Crippen LogP contribution >= 0.6 is 0 Å². The van der Waals surface area contributed by atoms with E-state index in [4.69, 9.17) is 4.74 Å². The Kier molecular flexibility index (Phi) is 4.81. The number of aromatic hydroxyl groups is 1. The van der Waals surface area contributed by atoms with Crippen LogP contribution in [-0.4, -0.2) is 57.0 Å². The minimum absolute atomic E-state index is 0.0434. The lowest BCUT2D eigenvalue weighted by atomic mass is 10.0. The van der Waals surface area contributed by atoms with Crippen LogP contribution in [0.4, 0.5) is 13.2 Å². The first kappa shape index (κ1) is 19.4. The van der Waals surface area contributed by atoms with Gasteiger partial charge in [0, 0.05) is 12.6 Å². The van der Waals surface area contributed by atoms with Crippen molar-refractivity contribution in [3.05, 3.63) is 30.1 Å². The van der Waals surface area contributed by atoms with Crippen molar-refractivity contribution in [3.8, 4) is 22.8 Å². The number of likely N-dealkylation sites (tertiary alicyclic amines) is 1. The maximum Gasteiger partial charge on any atom is 0.416 e. The summed E-state index contributed by atoms with van der Waals surface area (Å²) in [7, 11) is 3.30. The zero-order valence-electron chi connectivity index (χ0n) is 15.9. The van der Waals surface area contributed by atoms with Gasteiger partial charge in [-0.1, -0.05) is 0 Å². The molecule has 10 heteroatoms. The lowest BCUT2D eigenvalue weighted by Crippen LogP contribution is -2.33. The number of methoxy groups -OCH3 is 1. The van der Waals surface area contributed by atoms with Gasteiger partial charge in [-0.25, -0.2) is 4.98 Å². The van der Waals surface area contributed by atoms with Crippen molar-refractivity contribution in [1.29, 1.82) is 0 Å². The van der Waals surface area contributed by atoms with Crippen molar-refractivity contribution in [2.24, 2.45) is 0 Å². The number of nitrogens with zero attached hydrogens (tertiary/aromatic N) is 5. The molecule has 0 unspecified atom stereocenters. The highest BCUT2D eigenvalue weighted by Crippen LogP contribution is 2.42.